The minimum absolute atomic E-state index is 0.118. The number of aryl methyl sites for hydroxylation is 1. The van der Waals surface area contributed by atoms with Crippen LogP contribution in [0.3, 0.4) is 0 Å². The van der Waals surface area contributed by atoms with Crippen LogP contribution < -0.4 is 4.90 Å². The Morgan fingerprint density at radius 2 is 1.96 bits per heavy atom. The smallest absolute Gasteiger partial charge is 0.0822 e. The first-order chi connectivity index (χ1) is 11.6. The molecule has 0 unspecified atom stereocenters. The maximum atomic E-state index is 9.13. The Kier molecular flexibility index (Phi) is 5.38. The lowest BCUT2D eigenvalue weighted by Gasteiger charge is -2.36. The van der Waals surface area contributed by atoms with Gasteiger partial charge < -0.3 is 10.0 Å². The van der Waals surface area contributed by atoms with E-state index in [0.29, 0.717) is 11.6 Å². The van der Waals surface area contributed by atoms with Gasteiger partial charge in [0.25, 0.3) is 0 Å². The van der Waals surface area contributed by atoms with E-state index in [9.17, 15) is 0 Å². The van der Waals surface area contributed by atoms with Crippen LogP contribution in [0.15, 0.2) is 18.5 Å². The highest BCUT2D eigenvalue weighted by Gasteiger charge is 2.21. The van der Waals surface area contributed by atoms with Gasteiger partial charge in [-0.2, -0.15) is 5.10 Å². The fourth-order valence-corrected chi connectivity index (χ4v) is 3.51. The normalized spacial score (nSPS) is 15.9. The molecule has 0 atom stereocenters. The van der Waals surface area contributed by atoms with Gasteiger partial charge in [0.2, 0.25) is 0 Å². The first-order valence-electron chi connectivity index (χ1n) is 8.30. The number of piperazine rings is 1. The van der Waals surface area contributed by atoms with Gasteiger partial charge in [-0.15, -0.1) is 0 Å². The second kappa shape index (κ2) is 7.51. The zero-order chi connectivity index (χ0) is 17.1. The van der Waals surface area contributed by atoms with E-state index in [1.807, 2.05) is 17.7 Å². The molecule has 1 saturated heterocycles. The Hall–Kier alpha value is -1.63. The summed E-state index contributed by atoms with van der Waals surface area (Å²) in [6.45, 7) is 9.58. The molecule has 1 fully saturated rings. The Morgan fingerprint density at radius 3 is 2.62 bits per heavy atom. The number of aromatic nitrogens is 3. The molecular formula is C17H24ClN5O. The zero-order valence-electron chi connectivity index (χ0n) is 14.2. The highest BCUT2D eigenvalue weighted by molar-refractivity contribution is 6.33. The third-order valence-electron chi connectivity index (χ3n) is 4.69. The van der Waals surface area contributed by atoms with Crippen molar-refractivity contribution in [1.82, 2.24) is 19.7 Å². The Labute approximate surface area is 147 Å². The van der Waals surface area contributed by atoms with E-state index < -0.39 is 0 Å². The topological polar surface area (TPSA) is 57.4 Å². The predicted molar refractivity (Wildman–Crippen MR) is 95.5 cm³/mol. The quantitative estimate of drug-likeness (QED) is 0.893. The molecule has 0 bridgehead atoms. The second-order valence-electron chi connectivity index (χ2n) is 6.19. The lowest BCUT2D eigenvalue weighted by Crippen LogP contribution is -2.46. The van der Waals surface area contributed by atoms with Crippen LogP contribution in [0, 0.1) is 13.8 Å². The summed E-state index contributed by atoms with van der Waals surface area (Å²) < 4.78 is 1.90. The van der Waals surface area contributed by atoms with E-state index in [2.05, 4.69) is 26.8 Å². The van der Waals surface area contributed by atoms with Crippen LogP contribution in [0.2, 0.25) is 5.02 Å². The van der Waals surface area contributed by atoms with Gasteiger partial charge >= 0.3 is 0 Å². The minimum atomic E-state index is 0.118. The van der Waals surface area contributed by atoms with Gasteiger partial charge in [-0.05, 0) is 19.9 Å². The molecule has 1 aliphatic heterocycles. The van der Waals surface area contributed by atoms with Crippen molar-refractivity contribution in [1.29, 1.82) is 0 Å². The molecule has 1 N–H and O–H groups in total. The predicted octanol–water partition coefficient (Wildman–Crippen LogP) is 1.86. The molecule has 6 nitrogen and oxygen atoms in total. The number of aliphatic hydroxyl groups is 1. The average Bonchev–Trinajstić information content (AvgIpc) is 2.84. The number of halogens is 1. The summed E-state index contributed by atoms with van der Waals surface area (Å²) in [6.07, 6.45) is 3.49. The van der Waals surface area contributed by atoms with Crippen LogP contribution in [-0.4, -0.2) is 57.6 Å². The van der Waals surface area contributed by atoms with Crippen molar-refractivity contribution in [2.75, 3.05) is 37.7 Å². The van der Waals surface area contributed by atoms with Crippen LogP contribution in [0.1, 0.15) is 17.0 Å². The molecule has 0 saturated carbocycles. The summed E-state index contributed by atoms with van der Waals surface area (Å²) in [5, 5.41) is 14.4. The first kappa shape index (κ1) is 17.2. The van der Waals surface area contributed by atoms with Gasteiger partial charge in [0.15, 0.2) is 0 Å². The number of anilines is 1. The SMILES string of the molecule is Cc1nn(CCO)c(C)c1CN1CCN(c2ccncc2Cl)CC1. The number of aliphatic hydroxyl groups excluding tert-OH is 1. The highest BCUT2D eigenvalue weighted by atomic mass is 35.5. The summed E-state index contributed by atoms with van der Waals surface area (Å²) in [5.74, 6) is 0. The molecule has 7 heteroatoms. The second-order valence-corrected chi connectivity index (χ2v) is 6.59. The third-order valence-corrected chi connectivity index (χ3v) is 4.98. The fourth-order valence-electron chi connectivity index (χ4n) is 3.27. The van der Waals surface area contributed by atoms with Crippen molar-refractivity contribution in [3.8, 4) is 0 Å². The van der Waals surface area contributed by atoms with Crippen molar-refractivity contribution >= 4 is 17.3 Å². The van der Waals surface area contributed by atoms with Crippen LogP contribution in [0.5, 0.6) is 0 Å². The molecule has 130 valence electrons. The summed E-state index contributed by atoms with van der Waals surface area (Å²) >= 11 is 6.25. The molecule has 0 spiro atoms. The van der Waals surface area contributed by atoms with E-state index in [-0.39, 0.29) is 6.61 Å². The van der Waals surface area contributed by atoms with Crippen molar-refractivity contribution in [3.63, 3.8) is 0 Å². The van der Waals surface area contributed by atoms with Gasteiger partial charge in [-0.25, -0.2) is 0 Å². The number of hydrogen-bond acceptors (Lipinski definition) is 5. The average molecular weight is 350 g/mol. The Bertz CT molecular complexity index is 694. The van der Waals surface area contributed by atoms with E-state index >= 15 is 0 Å². The number of hydrogen-bond donors (Lipinski definition) is 1. The van der Waals surface area contributed by atoms with Crippen LogP contribution >= 0.6 is 11.6 Å². The molecule has 2 aromatic heterocycles. The lowest BCUT2D eigenvalue weighted by atomic mass is 10.1. The van der Waals surface area contributed by atoms with E-state index in [1.165, 1.54) is 5.56 Å². The molecule has 0 aliphatic carbocycles. The third kappa shape index (κ3) is 3.55. The van der Waals surface area contributed by atoms with Crippen LogP contribution in [0.25, 0.3) is 0 Å². The first-order valence-corrected chi connectivity index (χ1v) is 8.68. The number of rotatable bonds is 5. The highest BCUT2D eigenvalue weighted by Crippen LogP contribution is 2.25. The van der Waals surface area contributed by atoms with Crippen LogP contribution in [-0.2, 0) is 13.1 Å². The minimum Gasteiger partial charge on any atom is -0.394 e. The molecule has 1 aliphatic rings. The lowest BCUT2D eigenvalue weighted by molar-refractivity contribution is 0.248. The molecule has 0 amide bonds. The standard InChI is InChI=1S/C17H24ClN5O/c1-13-15(14(2)23(20-13)9-10-24)12-21-5-7-22(8-6-21)17-3-4-19-11-16(17)18/h3-4,11,24H,5-10,12H2,1-2H3. The maximum Gasteiger partial charge on any atom is 0.0822 e. The summed E-state index contributed by atoms with van der Waals surface area (Å²) in [7, 11) is 0. The Balaban J connectivity index is 1.63. The van der Waals surface area contributed by atoms with E-state index in [0.717, 1.165) is 49.8 Å². The van der Waals surface area contributed by atoms with Crippen molar-refractivity contribution in [2.45, 2.75) is 26.9 Å². The molecule has 3 heterocycles. The molecule has 0 aromatic carbocycles. The van der Waals surface area contributed by atoms with Gasteiger partial charge in [-0.1, -0.05) is 11.6 Å². The Morgan fingerprint density at radius 1 is 1.21 bits per heavy atom. The number of nitrogens with zero attached hydrogens (tertiary/aromatic N) is 5. The van der Waals surface area contributed by atoms with Crippen molar-refractivity contribution in [3.05, 3.63) is 40.4 Å². The summed E-state index contributed by atoms with van der Waals surface area (Å²) in [5.41, 5.74) is 4.55. The van der Waals surface area contributed by atoms with Gasteiger partial charge in [0, 0.05) is 56.4 Å². The van der Waals surface area contributed by atoms with Gasteiger partial charge in [0.05, 0.1) is 29.6 Å². The summed E-state index contributed by atoms with van der Waals surface area (Å²) in [6, 6.07) is 1.98. The van der Waals surface area contributed by atoms with E-state index in [1.54, 1.807) is 12.4 Å². The molecular weight excluding hydrogens is 326 g/mol. The van der Waals surface area contributed by atoms with Gasteiger partial charge in [0.1, 0.15) is 0 Å². The molecule has 0 radical (unpaired) electrons. The van der Waals surface area contributed by atoms with Crippen molar-refractivity contribution < 1.29 is 5.11 Å². The van der Waals surface area contributed by atoms with Crippen LogP contribution in [0.4, 0.5) is 5.69 Å². The monoisotopic (exact) mass is 349 g/mol. The largest absolute Gasteiger partial charge is 0.394 e. The van der Waals surface area contributed by atoms with Gasteiger partial charge in [-0.3, -0.25) is 14.6 Å². The maximum absolute atomic E-state index is 9.13. The fraction of sp³-hybridized carbons (Fsp3) is 0.529. The van der Waals surface area contributed by atoms with Crippen molar-refractivity contribution in [2.24, 2.45) is 0 Å². The van der Waals surface area contributed by atoms with E-state index in [4.69, 9.17) is 16.7 Å². The summed E-state index contributed by atoms with van der Waals surface area (Å²) in [4.78, 5) is 8.82. The number of pyridine rings is 1. The zero-order valence-corrected chi connectivity index (χ0v) is 15.0. The molecule has 2 aromatic rings. The molecule has 24 heavy (non-hydrogen) atoms. The molecule has 3 rings (SSSR count).